The van der Waals surface area contributed by atoms with E-state index in [2.05, 4.69) is 20.0 Å². The number of rotatable bonds is 7. The Morgan fingerprint density at radius 2 is 1.60 bits per heavy atom. The van der Waals surface area contributed by atoms with Crippen LogP contribution >= 0.6 is 0 Å². The molecule has 0 aliphatic carbocycles. The van der Waals surface area contributed by atoms with E-state index in [9.17, 15) is 18.5 Å². The number of para-hydroxylation sites is 1. The summed E-state index contributed by atoms with van der Waals surface area (Å²) in [5.41, 5.74) is 3.28. The fourth-order valence-corrected chi connectivity index (χ4v) is 4.94. The molecule has 5 rings (SSSR count). The van der Waals surface area contributed by atoms with Crippen molar-refractivity contribution in [2.45, 2.75) is 5.75 Å². The maximum absolute atomic E-state index is 12.5. The number of nitrogens with zero attached hydrogens (tertiary/aromatic N) is 3. The number of anilines is 3. The zero-order chi connectivity index (χ0) is 24.4. The predicted molar refractivity (Wildman–Crippen MR) is 136 cm³/mol. The summed E-state index contributed by atoms with van der Waals surface area (Å²) < 4.78 is 27.4. The van der Waals surface area contributed by atoms with Crippen LogP contribution < -0.4 is 10.0 Å². The third-order valence-corrected chi connectivity index (χ3v) is 6.61. The van der Waals surface area contributed by atoms with Gasteiger partial charge in [-0.2, -0.15) is 0 Å². The van der Waals surface area contributed by atoms with E-state index in [4.69, 9.17) is 0 Å². The van der Waals surface area contributed by atoms with Crippen molar-refractivity contribution in [3.63, 3.8) is 0 Å². The number of nitrogens with one attached hydrogen (secondary N) is 2. The summed E-state index contributed by atoms with van der Waals surface area (Å²) in [5.74, 6) is 0.0664. The van der Waals surface area contributed by atoms with Crippen LogP contribution in [0.3, 0.4) is 0 Å². The molecule has 0 aliphatic heterocycles. The minimum absolute atomic E-state index is 0.0314. The molecule has 5 aromatic rings. The second-order valence-corrected chi connectivity index (χ2v) is 9.58. The molecule has 0 amide bonds. The Morgan fingerprint density at radius 1 is 0.857 bits per heavy atom. The zero-order valence-corrected chi connectivity index (χ0v) is 19.1. The molecule has 0 unspecified atom stereocenters. The van der Waals surface area contributed by atoms with Gasteiger partial charge in [-0.05, 0) is 42.0 Å². The van der Waals surface area contributed by atoms with E-state index >= 15 is 0 Å². The summed E-state index contributed by atoms with van der Waals surface area (Å²) in [6, 6.07) is 24.2. The Morgan fingerprint density at radius 3 is 2.34 bits per heavy atom. The van der Waals surface area contributed by atoms with Crippen molar-refractivity contribution in [3.8, 4) is 0 Å². The first-order valence-corrected chi connectivity index (χ1v) is 12.3. The molecule has 10 heteroatoms. The van der Waals surface area contributed by atoms with Crippen LogP contribution in [0.2, 0.25) is 0 Å². The highest BCUT2D eigenvalue weighted by atomic mass is 32.2. The number of pyridine rings is 2. The van der Waals surface area contributed by atoms with Crippen molar-refractivity contribution < 1.29 is 13.3 Å². The van der Waals surface area contributed by atoms with Gasteiger partial charge in [-0.1, -0.05) is 36.4 Å². The van der Waals surface area contributed by atoms with E-state index in [0.717, 1.165) is 22.1 Å². The zero-order valence-electron chi connectivity index (χ0n) is 18.3. The molecule has 2 aromatic heterocycles. The fraction of sp³-hybridized carbons (Fsp3) is 0.0400. The van der Waals surface area contributed by atoms with Crippen molar-refractivity contribution in [1.29, 1.82) is 0 Å². The van der Waals surface area contributed by atoms with Crippen LogP contribution in [0.4, 0.5) is 22.9 Å². The van der Waals surface area contributed by atoms with Gasteiger partial charge in [0.1, 0.15) is 5.82 Å². The van der Waals surface area contributed by atoms with E-state index in [-0.39, 0.29) is 17.3 Å². The normalized spacial score (nSPS) is 11.4. The van der Waals surface area contributed by atoms with Crippen molar-refractivity contribution in [2.75, 3.05) is 10.0 Å². The van der Waals surface area contributed by atoms with Crippen LogP contribution in [0, 0.1) is 10.1 Å². The van der Waals surface area contributed by atoms with Crippen LogP contribution in [0.15, 0.2) is 91.1 Å². The molecule has 3 aromatic carbocycles. The molecule has 0 aliphatic rings. The van der Waals surface area contributed by atoms with Gasteiger partial charge in [0.2, 0.25) is 10.0 Å². The van der Waals surface area contributed by atoms with Crippen molar-refractivity contribution in [1.82, 2.24) is 9.97 Å². The number of hydrogen-bond donors (Lipinski definition) is 2. The Balaban J connectivity index is 1.44. The first-order chi connectivity index (χ1) is 16.9. The molecule has 0 saturated carbocycles. The van der Waals surface area contributed by atoms with Gasteiger partial charge >= 0.3 is 0 Å². The Hall–Kier alpha value is -4.57. The Kier molecular flexibility index (Phi) is 5.71. The smallest absolute Gasteiger partial charge is 0.271 e. The summed E-state index contributed by atoms with van der Waals surface area (Å²) in [5, 5.41) is 16.2. The van der Waals surface area contributed by atoms with E-state index in [0.29, 0.717) is 16.6 Å². The first kappa shape index (κ1) is 22.2. The number of benzene rings is 3. The monoisotopic (exact) mass is 485 g/mol. The largest absolute Gasteiger partial charge is 0.354 e. The lowest BCUT2D eigenvalue weighted by Gasteiger charge is -2.14. The molecule has 0 bridgehead atoms. The van der Waals surface area contributed by atoms with Crippen LogP contribution in [-0.4, -0.2) is 23.3 Å². The Labute approximate surface area is 200 Å². The van der Waals surface area contributed by atoms with Gasteiger partial charge in [0.05, 0.1) is 27.4 Å². The maximum Gasteiger partial charge on any atom is 0.271 e. The summed E-state index contributed by atoms with van der Waals surface area (Å²) in [7, 11) is -3.62. The second-order valence-electron chi connectivity index (χ2n) is 7.86. The minimum Gasteiger partial charge on any atom is -0.354 e. The van der Waals surface area contributed by atoms with Crippen LogP contribution in [0.25, 0.3) is 21.8 Å². The average molecular weight is 486 g/mol. The van der Waals surface area contributed by atoms with Gasteiger partial charge in [-0.3, -0.25) is 14.8 Å². The number of non-ortho nitro benzene ring substituents is 1. The maximum atomic E-state index is 12.5. The van der Waals surface area contributed by atoms with E-state index in [1.54, 1.807) is 48.5 Å². The lowest BCUT2D eigenvalue weighted by atomic mass is 10.1. The molecular weight excluding hydrogens is 466 g/mol. The summed E-state index contributed by atoms with van der Waals surface area (Å²) in [4.78, 5) is 19.4. The van der Waals surface area contributed by atoms with Crippen LogP contribution in [-0.2, 0) is 15.8 Å². The molecule has 0 fully saturated rings. The number of nitro benzene ring substituents is 1. The summed E-state index contributed by atoms with van der Waals surface area (Å²) in [6.07, 6.45) is 1.52. The molecule has 0 radical (unpaired) electrons. The highest BCUT2D eigenvalue weighted by molar-refractivity contribution is 7.91. The number of sulfonamides is 1. The Bertz CT molecular complexity index is 1660. The molecule has 0 spiro atoms. The molecule has 2 heterocycles. The van der Waals surface area contributed by atoms with Gasteiger partial charge in [0, 0.05) is 34.8 Å². The first-order valence-electron chi connectivity index (χ1n) is 10.6. The number of hydrogen-bond acceptors (Lipinski definition) is 7. The van der Waals surface area contributed by atoms with Crippen LogP contribution in [0.1, 0.15) is 5.56 Å². The lowest BCUT2D eigenvalue weighted by Crippen LogP contribution is -2.15. The van der Waals surface area contributed by atoms with Crippen LogP contribution in [0.5, 0.6) is 0 Å². The molecule has 35 heavy (non-hydrogen) atoms. The second kappa shape index (κ2) is 8.99. The number of aromatic nitrogens is 2. The summed E-state index contributed by atoms with van der Waals surface area (Å²) >= 11 is 0. The highest BCUT2D eigenvalue weighted by Gasteiger charge is 2.15. The van der Waals surface area contributed by atoms with Crippen molar-refractivity contribution in [2.24, 2.45) is 0 Å². The van der Waals surface area contributed by atoms with Gasteiger partial charge in [0.25, 0.3) is 5.69 Å². The SMILES string of the molecule is O=[N+]([O-])c1ccc2c(Nc3ccc(CS(=O)(=O)Nc4ccccn4)cc3)c3ccccc3nc2c1. The van der Waals surface area contributed by atoms with Crippen molar-refractivity contribution in [3.05, 3.63) is 107 Å². The molecule has 9 nitrogen and oxygen atoms in total. The third kappa shape index (κ3) is 4.87. The number of fused-ring (bicyclic) bond motifs is 2. The van der Waals surface area contributed by atoms with E-state index < -0.39 is 14.9 Å². The van der Waals surface area contributed by atoms with Gasteiger partial charge in [0.15, 0.2) is 0 Å². The predicted octanol–water partition coefficient (Wildman–Crippen LogP) is 5.38. The quantitative estimate of drug-likeness (QED) is 0.180. The average Bonchev–Trinajstić information content (AvgIpc) is 2.84. The minimum atomic E-state index is -3.62. The third-order valence-electron chi connectivity index (χ3n) is 5.38. The fourth-order valence-electron chi connectivity index (χ4n) is 3.80. The molecule has 174 valence electrons. The standard InChI is InChI=1S/C25H19N5O4S/c31-30(32)19-12-13-21-23(15-19)28-22-6-2-1-5-20(22)25(21)27-18-10-8-17(9-11-18)16-35(33,34)29-24-7-3-4-14-26-24/h1-15H,16H2,(H,26,29)(H,27,28). The lowest BCUT2D eigenvalue weighted by molar-refractivity contribution is -0.384. The highest BCUT2D eigenvalue weighted by Crippen LogP contribution is 2.34. The van der Waals surface area contributed by atoms with Crippen molar-refractivity contribution >= 4 is 54.7 Å². The summed E-state index contributed by atoms with van der Waals surface area (Å²) in [6.45, 7) is 0. The topological polar surface area (TPSA) is 127 Å². The number of nitro groups is 1. The van der Waals surface area contributed by atoms with Gasteiger partial charge < -0.3 is 5.32 Å². The molecular formula is C25H19N5O4S. The van der Waals surface area contributed by atoms with E-state index in [1.807, 2.05) is 24.3 Å². The molecule has 2 N–H and O–H groups in total. The van der Waals surface area contributed by atoms with Gasteiger partial charge in [-0.25, -0.2) is 18.4 Å². The molecule has 0 atom stereocenters. The van der Waals surface area contributed by atoms with Gasteiger partial charge in [-0.15, -0.1) is 0 Å². The van der Waals surface area contributed by atoms with E-state index in [1.165, 1.54) is 18.3 Å². The molecule has 0 saturated heterocycles.